The van der Waals surface area contributed by atoms with Crippen LogP contribution in [0.4, 0.5) is 0 Å². The number of oxazole rings is 1. The summed E-state index contributed by atoms with van der Waals surface area (Å²) in [4.78, 5) is 17.4. The average Bonchev–Trinajstić information content (AvgIpc) is 2.94. The maximum atomic E-state index is 12.3. The molecule has 2 aliphatic heterocycles. The molecule has 7 nitrogen and oxygen atoms in total. The number of rotatable bonds is 3. The molecule has 3 heterocycles. The third-order valence-corrected chi connectivity index (χ3v) is 6.93. The van der Waals surface area contributed by atoms with Crippen LogP contribution in [0.5, 0.6) is 0 Å². The van der Waals surface area contributed by atoms with Gasteiger partial charge in [0.05, 0.1) is 12.4 Å². The Balaban J connectivity index is 1.78. The minimum absolute atomic E-state index is 0.0427. The van der Waals surface area contributed by atoms with Gasteiger partial charge in [0, 0.05) is 26.1 Å². The second kappa shape index (κ2) is 4.56. The van der Waals surface area contributed by atoms with Gasteiger partial charge in [-0.05, 0) is 6.42 Å². The Kier molecular flexibility index (Phi) is 3.09. The number of carbonyl (C=O) groups is 1. The van der Waals surface area contributed by atoms with E-state index in [-0.39, 0.29) is 36.4 Å². The lowest BCUT2D eigenvalue weighted by Gasteiger charge is -2.49. The Labute approximate surface area is 116 Å². The molecule has 0 aliphatic carbocycles. The molecule has 0 radical (unpaired) electrons. The smallest absolute Gasteiger partial charge is 0.275 e. The average molecular weight is 300 g/mol. The first-order valence-electron chi connectivity index (χ1n) is 6.39. The lowest BCUT2D eigenvalue weighted by atomic mass is 9.83. The molecule has 3 rings (SSSR count). The van der Waals surface area contributed by atoms with E-state index < -0.39 is 14.6 Å². The largest absolute Gasteiger partial charge is 0.451 e. The predicted octanol–water partition coefficient (Wildman–Crippen LogP) is -0.0497. The van der Waals surface area contributed by atoms with E-state index in [0.29, 0.717) is 13.0 Å². The first-order chi connectivity index (χ1) is 9.50. The summed E-state index contributed by atoms with van der Waals surface area (Å²) in [6.07, 6.45) is 3.05. The lowest BCUT2D eigenvalue weighted by molar-refractivity contribution is 0.0332. The number of likely N-dealkylation sites (tertiary alicyclic amines) is 1. The minimum Gasteiger partial charge on any atom is -0.451 e. The van der Waals surface area contributed by atoms with E-state index in [4.69, 9.17) is 9.15 Å². The molecule has 2 saturated heterocycles. The van der Waals surface area contributed by atoms with E-state index in [9.17, 15) is 13.2 Å². The molecule has 8 heteroatoms. The second-order valence-corrected chi connectivity index (χ2v) is 7.81. The number of hydrogen-bond donors (Lipinski definition) is 0. The van der Waals surface area contributed by atoms with Crippen LogP contribution in [0.15, 0.2) is 17.1 Å². The molecule has 1 atom stereocenters. The fraction of sp³-hybridized carbons (Fsp3) is 0.667. The zero-order valence-corrected chi connectivity index (χ0v) is 11.9. The van der Waals surface area contributed by atoms with Crippen molar-refractivity contribution in [2.75, 3.05) is 32.6 Å². The van der Waals surface area contributed by atoms with Crippen LogP contribution in [0.3, 0.4) is 0 Å². The van der Waals surface area contributed by atoms with Crippen molar-refractivity contribution in [1.29, 1.82) is 0 Å². The Morgan fingerprint density at radius 1 is 1.60 bits per heavy atom. The van der Waals surface area contributed by atoms with Crippen molar-refractivity contribution in [3.63, 3.8) is 0 Å². The van der Waals surface area contributed by atoms with Gasteiger partial charge in [-0.25, -0.2) is 13.4 Å². The van der Waals surface area contributed by atoms with Crippen molar-refractivity contribution in [3.05, 3.63) is 18.4 Å². The van der Waals surface area contributed by atoms with Crippen LogP contribution in [0.25, 0.3) is 0 Å². The van der Waals surface area contributed by atoms with Crippen molar-refractivity contribution in [3.8, 4) is 0 Å². The number of sulfone groups is 1. The highest BCUT2D eigenvalue weighted by Crippen LogP contribution is 2.45. The van der Waals surface area contributed by atoms with Crippen LogP contribution in [0.2, 0.25) is 0 Å². The summed E-state index contributed by atoms with van der Waals surface area (Å²) in [6.45, 7) is 0.843. The molecule has 20 heavy (non-hydrogen) atoms. The topological polar surface area (TPSA) is 89.7 Å². The first-order valence-corrected chi connectivity index (χ1v) is 8.04. The van der Waals surface area contributed by atoms with Crippen LogP contribution < -0.4 is 0 Å². The molecular weight excluding hydrogens is 284 g/mol. The lowest BCUT2D eigenvalue weighted by Crippen LogP contribution is -2.68. The van der Waals surface area contributed by atoms with Crippen molar-refractivity contribution < 1.29 is 22.4 Å². The standard InChI is InChI=1S/C12H16N2O5S/c1-18-4-9-2-3-20(16,17)12(9)6-14(7-12)11(15)10-5-19-8-13-10/h5,8-9H,2-4,6-7H2,1H3. The van der Waals surface area contributed by atoms with E-state index in [1.54, 1.807) is 7.11 Å². The predicted molar refractivity (Wildman–Crippen MR) is 68.9 cm³/mol. The fourth-order valence-electron chi connectivity index (χ4n) is 3.13. The van der Waals surface area contributed by atoms with Gasteiger partial charge in [0.15, 0.2) is 21.9 Å². The Hall–Kier alpha value is -1.41. The van der Waals surface area contributed by atoms with Gasteiger partial charge in [0.25, 0.3) is 5.91 Å². The van der Waals surface area contributed by atoms with Gasteiger partial charge in [0.2, 0.25) is 0 Å². The van der Waals surface area contributed by atoms with Gasteiger partial charge < -0.3 is 14.1 Å². The fourth-order valence-corrected chi connectivity index (χ4v) is 5.53. The number of ether oxygens (including phenoxy) is 1. The van der Waals surface area contributed by atoms with Gasteiger partial charge >= 0.3 is 0 Å². The number of methoxy groups -OCH3 is 1. The zero-order valence-electron chi connectivity index (χ0n) is 11.1. The van der Waals surface area contributed by atoms with Crippen molar-refractivity contribution >= 4 is 15.7 Å². The van der Waals surface area contributed by atoms with E-state index in [1.165, 1.54) is 17.6 Å². The first kappa shape index (κ1) is 13.6. The molecule has 1 aromatic rings. The van der Waals surface area contributed by atoms with Gasteiger partial charge in [-0.3, -0.25) is 4.79 Å². The van der Waals surface area contributed by atoms with Crippen LogP contribution >= 0.6 is 0 Å². The SMILES string of the molecule is COCC1CCS(=O)(=O)C12CN(C(=O)c1cocn1)C2. The summed E-state index contributed by atoms with van der Waals surface area (Å²) < 4.78 is 33.6. The van der Waals surface area contributed by atoms with E-state index >= 15 is 0 Å². The number of amides is 1. The molecule has 2 aliphatic rings. The van der Waals surface area contributed by atoms with Crippen molar-refractivity contribution in [2.24, 2.45) is 5.92 Å². The second-order valence-electron chi connectivity index (χ2n) is 5.36. The van der Waals surface area contributed by atoms with E-state index in [0.717, 1.165) is 0 Å². The molecule has 1 spiro atoms. The Morgan fingerprint density at radius 3 is 2.95 bits per heavy atom. The summed E-state index contributed by atoms with van der Waals surface area (Å²) in [5, 5.41) is 0. The van der Waals surface area contributed by atoms with Gasteiger partial charge in [-0.15, -0.1) is 0 Å². The van der Waals surface area contributed by atoms with Crippen LogP contribution in [0, 0.1) is 5.92 Å². The Morgan fingerprint density at radius 2 is 2.35 bits per heavy atom. The molecule has 0 N–H and O–H groups in total. The summed E-state index contributed by atoms with van der Waals surface area (Å²) in [5.74, 6) is -0.158. The monoisotopic (exact) mass is 300 g/mol. The van der Waals surface area contributed by atoms with Crippen LogP contribution in [-0.4, -0.2) is 61.5 Å². The number of hydrogen-bond acceptors (Lipinski definition) is 6. The van der Waals surface area contributed by atoms with Gasteiger partial charge in [-0.1, -0.05) is 0 Å². The highest BCUT2D eigenvalue weighted by molar-refractivity contribution is 7.93. The third-order valence-electron chi connectivity index (χ3n) is 4.32. The van der Waals surface area contributed by atoms with Crippen LogP contribution in [-0.2, 0) is 14.6 Å². The minimum atomic E-state index is -3.17. The van der Waals surface area contributed by atoms with Gasteiger partial charge in [0.1, 0.15) is 11.0 Å². The number of nitrogens with zero attached hydrogens (tertiary/aromatic N) is 2. The molecule has 0 aromatic carbocycles. The molecule has 2 fully saturated rings. The maximum absolute atomic E-state index is 12.3. The summed E-state index contributed by atoms with van der Waals surface area (Å²) in [5.41, 5.74) is 0.207. The molecule has 1 aromatic heterocycles. The summed E-state index contributed by atoms with van der Waals surface area (Å²) in [7, 11) is -1.61. The summed E-state index contributed by atoms with van der Waals surface area (Å²) in [6, 6.07) is 0. The third kappa shape index (κ3) is 1.78. The molecule has 0 saturated carbocycles. The molecule has 0 bridgehead atoms. The zero-order chi connectivity index (χ0) is 14.4. The van der Waals surface area contributed by atoms with Crippen molar-refractivity contribution in [1.82, 2.24) is 9.88 Å². The highest BCUT2D eigenvalue weighted by atomic mass is 32.2. The van der Waals surface area contributed by atoms with E-state index in [1.807, 2.05) is 0 Å². The number of aromatic nitrogens is 1. The molecule has 1 amide bonds. The summed E-state index contributed by atoms with van der Waals surface area (Å²) >= 11 is 0. The maximum Gasteiger partial charge on any atom is 0.275 e. The molecule has 110 valence electrons. The van der Waals surface area contributed by atoms with E-state index in [2.05, 4.69) is 4.98 Å². The molecule has 1 unspecified atom stereocenters. The van der Waals surface area contributed by atoms with Gasteiger partial charge in [-0.2, -0.15) is 0 Å². The normalized spacial score (nSPS) is 26.6. The van der Waals surface area contributed by atoms with Crippen LogP contribution in [0.1, 0.15) is 16.9 Å². The quantitative estimate of drug-likeness (QED) is 0.777. The highest BCUT2D eigenvalue weighted by Gasteiger charge is 2.62. The molecular formula is C12H16N2O5S. The number of carbonyl (C=O) groups excluding carboxylic acids is 1. The van der Waals surface area contributed by atoms with Crippen molar-refractivity contribution in [2.45, 2.75) is 11.2 Å². The Bertz CT molecular complexity index is 604.